The van der Waals surface area contributed by atoms with Crippen molar-refractivity contribution >= 4 is 5.97 Å². The molecule has 0 unspecified atom stereocenters. The van der Waals surface area contributed by atoms with E-state index < -0.39 is 5.97 Å². The zero-order valence-corrected chi connectivity index (χ0v) is 10.3. The highest BCUT2D eigenvalue weighted by Gasteiger charge is 2.48. The standard InChI is InChI=1S/C13H20O5/c14-7-9-10(12-5-4-11(9)18-12)8-17-6-2-1-3-13(15)16/h1,3,9-12,14H,2,4-8H2,(H,15,16)/b3-1+/t9-,10+,11-,12+/m0/s1. The van der Waals surface area contributed by atoms with Crippen LogP contribution in [-0.4, -0.2) is 48.2 Å². The number of ether oxygens (including phenoxy) is 2. The van der Waals surface area contributed by atoms with Crippen molar-refractivity contribution in [1.82, 2.24) is 0 Å². The molecule has 0 spiro atoms. The van der Waals surface area contributed by atoms with Crippen molar-refractivity contribution in [2.75, 3.05) is 19.8 Å². The fourth-order valence-electron chi connectivity index (χ4n) is 2.91. The fourth-order valence-corrected chi connectivity index (χ4v) is 2.91. The molecule has 102 valence electrons. The van der Waals surface area contributed by atoms with Crippen LogP contribution in [0.2, 0.25) is 0 Å². The Morgan fingerprint density at radius 2 is 2.06 bits per heavy atom. The van der Waals surface area contributed by atoms with Crippen LogP contribution in [0.25, 0.3) is 0 Å². The van der Waals surface area contributed by atoms with Crippen molar-refractivity contribution in [3.63, 3.8) is 0 Å². The van der Waals surface area contributed by atoms with Crippen molar-refractivity contribution in [2.24, 2.45) is 11.8 Å². The monoisotopic (exact) mass is 256 g/mol. The molecular weight excluding hydrogens is 236 g/mol. The summed E-state index contributed by atoms with van der Waals surface area (Å²) in [5.74, 6) is -0.438. The SMILES string of the molecule is O=C(O)/C=C/CCOC[C@@H]1[C@H](CO)[C@@H]2CC[C@H]1O2. The minimum absolute atomic E-state index is 0.161. The molecule has 2 saturated heterocycles. The van der Waals surface area contributed by atoms with E-state index in [9.17, 15) is 9.90 Å². The molecule has 2 bridgehead atoms. The van der Waals surface area contributed by atoms with E-state index in [-0.39, 0.29) is 30.7 Å². The van der Waals surface area contributed by atoms with Crippen LogP contribution in [0.15, 0.2) is 12.2 Å². The number of carboxylic acid groups (broad SMARTS) is 1. The van der Waals surface area contributed by atoms with Crippen molar-refractivity contribution in [3.05, 3.63) is 12.2 Å². The van der Waals surface area contributed by atoms with Gasteiger partial charge in [-0.2, -0.15) is 0 Å². The molecule has 4 atom stereocenters. The first-order chi connectivity index (χ1) is 8.72. The maximum absolute atomic E-state index is 10.2. The summed E-state index contributed by atoms with van der Waals surface area (Å²) in [5, 5.41) is 17.8. The Kier molecular flexibility index (Phi) is 4.74. The molecule has 2 fully saturated rings. The summed E-state index contributed by atoms with van der Waals surface area (Å²) in [6.07, 6.45) is 5.87. The highest BCUT2D eigenvalue weighted by atomic mass is 16.5. The fraction of sp³-hybridized carbons (Fsp3) is 0.769. The van der Waals surface area contributed by atoms with E-state index >= 15 is 0 Å². The molecule has 0 aromatic carbocycles. The predicted octanol–water partition coefficient (Wildman–Crippen LogP) is 0.820. The van der Waals surface area contributed by atoms with Crippen LogP contribution in [0.1, 0.15) is 19.3 Å². The van der Waals surface area contributed by atoms with Gasteiger partial charge in [-0.25, -0.2) is 4.79 Å². The number of fused-ring (bicyclic) bond motifs is 2. The first-order valence-electron chi connectivity index (χ1n) is 6.46. The van der Waals surface area contributed by atoms with Gasteiger partial charge >= 0.3 is 5.97 Å². The lowest BCUT2D eigenvalue weighted by Crippen LogP contribution is -2.33. The number of carbonyl (C=O) groups is 1. The first-order valence-corrected chi connectivity index (χ1v) is 6.46. The van der Waals surface area contributed by atoms with Crippen LogP contribution < -0.4 is 0 Å². The summed E-state index contributed by atoms with van der Waals surface area (Å²) in [4.78, 5) is 10.2. The van der Waals surface area contributed by atoms with Gasteiger partial charge in [0, 0.05) is 24.5 Å². The second-order valence-corrected chi connectivity index (χ2v) is 4.90. The lowest BCUT2D eigenvalue weighted by atomic mass is 9.80. The summed E-state index contributed by atoms with van der Waals surface area (Å²) >= 11 is 0. The van der Waals surface area contributed by atoms with Gasteiger partial charge in [-0.05, 0) is 19.3 Å². The van der Waals surface area contributed by atoms with Gasteiger partial charge in [0.25, 0.3) is 0 Å². The number of hydrogen-bond donors (Lipinski definition) is 2. The molecule has 18 heavy (non-hydrogen) atoms. The van der Waals surface area contributed by atoms with Crippen LogP contribution >= 0.6 is 0 Å². The Morgan fingerprint density at radius 1 is 1.33 bits per heavy atom. The van der Waals surface area contributed by atoms with Crippen LogP contribution in [0, 0.1) is 11.8 Å². The van der Waals surface area contributed by atoms with Crippen LogP contribution in [0.4, 0.5) is 0 Å². The second-order valence-electron chi connectivity index (χ2n) is 4.90. The normalized spacial score (nSPS) is 34.5. The van der Waals surface area contributed by atoms with E-state index in [0.29, 0.717) is 19.6 Å². The number of aliphatic hydroxyl groups excluding tert-OH is 1. The predicted molar refractivity (Wildman–Crippen MR) is 64.2 cm³/mol. The molecule has 0 aliphatic carbocycles. The van der Waals surface area contributed by atoms with Crippen molar-refractivity contribution in [1.29, 1.82) is 0 Å². The molecule has 2 heterocycles. The highest BCUT2D eigenvalue weighted by Crippen LogP contribution is 2.43. The smallest absolute Gasteiger partial charge is 0.327 e. The Bertz CT molecular complexity index is 315. The minimum atomic E-state index is -0.933. The minimum Gasteiger partial charge on any atom is -0.478 e. The topological polar surface area (TPSA) is 76.0 Å². The van der Waals surface area contributed by atoms with E-state index in [0.717, 1.165) is 18.9 Å². The molecule has 0 amide bonds. The second kappa shape index (κ2) is 6.31. The molecule has 0 saturated carbocycles. The Hall–Kier alpha value is -0.910. The summed E-state index contributed by atoms with van der Waals surface area (Å²) in [7, 11) is 0. The molecule has 2 N–H and O–H groups in total. The highest BCUT2D eigenvalue weighted by molar-refractivity contribution is 5.79. The molecule has 2 aliphatic rings. The number of aliphatic hydroxyl groups is 1. The maximum atomic E-state index is 10.2. The number of carboxylic acids is 1. The van der Waals surface area contributed by atoms with Gasteiger partial charge in [0.05, 0.1) is 25.4 Å². The molecular formula is C13H20O5. The molecule has 0 radical (unpaired) electrons. The van der Waals surface area contributed by atoms with Gasteiger partial charge in [-0.15, -0.1) is 0 Å². The van der Waals surface area contributed by atoms with Gasteiger partial charge in [0.2, 0.25) is 0 Å². The van der Waals surface area contributed by atoms with Crippen LogP contribution in [-0.2, 0) is 14.3 Å². The number of rotatable bonds is 7. The summed E-state index contributed by atoms with van der Waals surface area (Å²) < 4.78 is 11.3. The molecule has 5 heteroatoms. The van der Waals surface area contributed by atoms with E-state index in [4.69, 9.17) is 14.6 Å². The summed E-state index contributed by atoms with van der Waals surface area (Å²) in [5.41, 5.74) is 0. The Morgan fingerprint density at radius 3 is 2.72 bits per heavy atom. The van der Waals surface area contributed by atoms with E-state index in [1.165, 1.54) is 0 Å². The average molecular weight is 256 g/mol. The molecule has 2 aliphatic heterocycles. The van der Waals surface area contributed by atoms with Gasteiger partial charge in [0.15, 0.2) is 0 Å². The lowest BCUT2D eigenvalue weighted by molar-refractivity contribution is -0.131. The number of aliphatic carboxylic acids is 1. The van der Waals surface area contributed by atoms with Crippen LogP contribution in [0.3, 0.4) is 0 Å². The van der Waals surface area contributed by atoms with E-state index in [2.05, 4.69) is 0 Å². The zero-order chi connectivity index (χ0) is 13.0. The van der Waals surface area contributed by atoms with E-state index in [1.54, 1.807) is 6.08 Å². The Balaban J connectivity index is 1.66. The third-order valence-electron chi connectivity index (χ3n) is 3.80. The third kappa shape index (κ3) is 3.10. The van der Waals surface area contributed by atoms with Crippen molar-refractivity contribution in [3.8, 4) is 0 Å². The first kappa shape index (κ1) is 13.5. The largest absolute Gasteiger partial charge is 0.478 e. The zero-order valence-electron chi connectivity index (χ0n) is 10.3. The molecule has 2 rings (SSSR count). The quantitative estimate of drug-likeness (QED) is 0.521. The lowest BCUT2D eigenvalue weighted by Gasteiger charge is -2.26. The van der Waals surface area contributed by atoms with Gasteiger partial charge in [0.1, 0.15) is 0 Å². The molecule has 0 aromatic rings. The van der Waals surface area contributed by atoms with Crippen molar-refractivity contribution in [2.45, 2.75) is 31.5 Å². The number of hydrogen-bond acceptors (Lipinski definition) is 4. The molecule has 0 aromatic heterocycles. The average Bonchev–Trinajstić information content (AvgIpc) is 2.93. The van der Waals surface area contributed by atoms with Crippen molar-refractivity contribution < 1.29 is 24.5 Å². The van der Waals surface area contributed by atoms with Gasteiger partial charge in [-0.3, -0.25) is 0 Å². The van der Waals surface area contributed by atoms with Crippen LogP contribution in [0.5, 0.6) is 0 Å². The van der Waals surface area contributed by atoms with Gasteiger partial charge in [-0.1, -0.05) is 6.08 Å². The summed E-state index contributed by atoms with van der Waals surface area (Å²) in [6, 6.07) is 0. The maximum Gasteiger partial charge on any atom is 0.327 e. The van der Waals surface area contributed by atoms with E-state index in [1.807, 2.05) is 0 Å². The van der Waals surface area contributed by atoms with Gasteiger partial charge < -0.3 is 19.7 Å². The Labute approximate surface area is 106 Å². The summed E-state index contributed by atoms with van der Waals surface area (Å²) in [6.45, 7) is 1.26. The molecule has 5 nitrogen and oxygen atoms in total. The third-order valence-corrected chi connectivity index (χ3v) is 3.80.